The van der Waals surface area contributed by atoms with Gasteiger partial charge in [-0.3, -0.25) is 9.69 Å². The lowest BCUT2D eigenvalue weighted by molar-refractivity contribution is -0.143. The average Bonchev–Trinajstić information content (AvgIpc) is 2.79. The van der Waals surface area contributed by atoms with E-state index in [0.717, 1.165) is 36.2 Å². The first-order chi connectivity index (χ1) is 16.3. The highest BCUT2D eigenvalue weighted by molar-refractivity contribution is 5.86. The normalized spacial score (nSPS) is 15.1. The van der Waals surface area contributed by atoms with E-state index in [4.69, 9.17) is 4.74 Å². The molecule has 5 nitrogen and oxygen atoms in total. The number of carboxylic acids is 1. The fourth-order valence-electron chi connectivity index (χ4n) is 4.80. The van der Waals surface area contributed by atoms with Crippen molar-refractivity contribution < 1.29 is 19.7 Å². The minimum Gasteiger partial charge on any atom is -0.508 e. The van der Waals surface area contributed by atoms with Crippen LogP contribution >= 0.6 is 0 Å². The molecule has 0 atom stereocenters. The summed E-state index contributed by atoms with van der Waals surface area (Å²) in [6, 6.07) is 26.3. The van der Waals surface area contributed by atoms with Gasteiger partial charge in [0.25, 0.3) is 0 Å². The first-order valence-electron chi connectivity index (χ1n) is 11.8. The molecule has 0 bridgehead atoms. The third-order valence-corrected chi connectivity index (χ3v) is 7.11. The lowest BCUT2D eigenvalue weighted by atomic mass is 9.69. The number of nitrogens with zero attached hydrogens (tertiary/aromatic N) is 1. The van der Waals surface area contributed by atoms with Crippen LogP contribution in [0.2, 0.25) is 0 Å². The fraction of sp³-hybridized carbons (Fsp3) is 0.345. The van der Waals surface area contributed by atoms with E-state index in [2.05, 4.69) is 18.7 Å². The van der Waals surface area contributed by atoms with E-state index in [9.17, 15) is 15.0 Å². The summed E-state index contributed by atoms with van der Waals surface area (Å²) in [7, 11) is 0. The van der Waals surface area contributed by atoms with Crippen LogP contribution in [0, 0.1) is 0 Å². The largest absolute Gasteiger partial charge is 0.508 e. The van der Waals surface area contributed by atoms with Crippen LogP contribution in [0.15, 0.2) is 84.9 Å². The maximum absolute atomic E-state index is 12.8. The Kier molecular flexibility index (Phi) is 7.05. The second-order valence-corrected chi connectivity index (χ2v) is 9.76. The van der Waals surface area contributed by atoms with Gasteiger partial charge in [0, 0.05) is 18.6 Å². The van der Waals surface area contributed by atoms with Crippen LogP contribution in [-0.2, 0) is 21.6 Å². The predicted molar refractivity (Wildman–Crippen MR) is 133 cm³/mol. The second-order valence-electron chi connectivity index (χ2n) is 9.76. The summed E-state index contributed by atoms with van der Waals surface area (Å²) in [5.41, 5.74) is 1.29. The van der Waals surface area contributed by atoms with Crippen LogP contribution < -0.4 is 0 Å². The summed E-state index contributed by atoms with van der Waals surface area (Å²) >= 11 is 0. The van der Waals surface area contributed by atoms with Gasteiger partial charge in [0.1, 0.15) is 11.2 Å². The number of aliphatic carboxylic acids is 1. The molecule has 0 aromatic heterocycles. The number of phenols is 1. The Hall–Kier alpha value is -3.15. The van der Waals surface area contributed by atoms with Gasteiger partial charge < -0.3 is 14.9 Å². The van der Waals surface area contributed by atoms with Gasteiger partial charge >= 0.3 is 5.97 Å². The molecule has 3 aromatic rings. The highest BCUT2D eigenvalue weighted by Crippen LogP contribution is 2.40. The van der Waals surface area contributed by atoms with Crippen LogP contribution in [0.5, 0.6) is 5.75 Å². The Labute approximate surface area is 201 Å². The minimum absolute atomic E-state index is 0.133. The first-order valence-corrected chi connectivity index (χ1v) is 11.8. The quantitative estimate of drug-likeness (QED) is 0.435. The number of hydrogen-bond donors (Lipinski definition) is 2. The first kappa shape index (κ1) is 24.0. The number of rotatable bonds is 10. The van der Waals surface area contributed by atoms with E-state index in [-0.39, 0.29) is 17.4 Å². The third kappa shape index (κ3) is 5.01. The molecule has 3 aromatic carbocycles. The van der Waals surface area contributed by atoms with Crippen molar-refractivity contribution in [3.05, 3.63) is 102 Å². The number of likely N-dealkylation sites (tertiary alicyclic amines) is 1. The highest BCUT2D eigenvalue weighted by Gasteiger charge is 2.45. The number of aromatic hydroxyl groups is 1. The van der Waals surface area contributed by atoms with Gasteiger partial charge in [-0.1, -0.05) is 72.8 Å². The third-order valence-electron chi connectivity index (χ3n) is 7.11. The van der Waals surface area contributed by atoms with Crippen LogP contribution in [0.1, 0.15) is 43.4 Å². The van der Waals surface area contributed by atoms with E-state index in [1.54, 1.807) is 12.1 Å². The maximum atomic E-state index is 12.8. The van der Waals surface area contributed by atoms with Gasteiger partial charge in [0.05, 0.1) is 12.7 Å². The standard InChI is InChI=1S/C29H33NO4/c1-28(2,30-19-26(20-30)34-21-22-10-9-15-25(31)18-22)16-17-29(27(32)33,23-11-5-3-6-12-23)24-13-7-4-8-14-24/h3-15,18,26,31H,16-17,19-21H2,1-2H3,(H,32,33). The highest BCUT2D eigenvalue weighted by atomic mass is 16.5. The van der Waals surface area contributed by atoms with Crippen molar-refractivity contribution in [2.24, 2.45) is 0 Å². The summed E-state index contributed by atoms with van der Waals surface area (Å²) < 4.78 is 6.02. The maximum Gasteiger partial charge on any atom is 0.318 e. The molecule has 1 aliphatic heterocycles. The zero-order chi connectivity index (χ0) is 24.2. The van der Waals surface area contributed by atoms with E-state index >= 15 is 0 Å². The average molecular weight is 460 g/mol. The molecule has 0 radical (unpaired) electrons. The van der Waals surface area contributed by atoms with Gasteiger partial charge in [-0.05, 0) is 55.5 Å². The van der Waals surface area contributed by atoms with Crippen LogP contribution in [0.25, 0.3) is 0 Å². The Morgan fingerprint density at radius 1 is 0.912 bits per heavy atom. The van der Waals surface area contributed by atoms with Crippen molar-refractivity contribution in [1.29, 1.82) is 0 Å². The van der Waals surface area contributed by atoms with Crippen molar-refractivity contribution in [3.63, 3.8) is 0 Å². The fourth-order valence-corrected chi connectivity index (χ4v) is 4.80. The molecule has 1 saturated heterocycles. The number of benzene rings is 3. The molecule has 178 valence electrons. The Bertz CT molecular complexity index is 1050. The van der Waals surface area contributed by atoms with Gasteiger partial charge in [-0.15, -0.1) is 0 Å². The summed E-state index contributed by atoms with van der Waals surface area (Å²) in [4.78, 5) is 15.2. The molecular weight excluding hydrogens is 426 g/mol. The van der Waals surface area contributed by atoms with Crippen molar-refractivity contribution in [1.82, 2.24) is 4.90 Å². The van der Waals surface area contributed by atoms with Gasteiger partial charge in [0.2, 0.25) is 0 Å². The summed E-state index contributed by atoms with van der Waals surface area (Å²) in [6.07, 6.45) is 1.35. The second kappa shape index (κ2) is 10.00. The number of carbonyl (C=O) groups is 1. The SMILES string of the molecule is CC(C)(CCC(C(=O)O)(c1ccccc1)c1ccccc1)N1CC(OCc2cccc(O)c2)C1. The molecular formula is C29H33NO4. The zero-order valence-corrected chi connectivity index (χ0v) is 19.9. The molecule has 0 aliphatic carbocycles. The molecule has 1 aliphatic rings. The summed E-state index contributed by atoms with van der Waals surface area (Å²) in [5.74, 6) is -0.576. The molecule has 4 rings (SSSR count). The summed E-state index contributed by atoms with van der Waals surface area (Å²) in [6.45, 7) is 6.45. The predicted octanol–water partition coefficient (Wildman–Crippen LogP) is 5.22. The van der Waals surface area contributed by atoms with Crippen LogP contribution in [0.3, 0.4) is 0 Å². The number of phenolic OH excluding ortho intramolecular Hbond substituents is 1. The van der Waals surface area contributed by atoms with Crippen LogP contribution in [0.4, 0.5) is 0 Å². The Morgan fingerprint density at radius 2 is 1.50 bits per heavy atom. The van der Waals surface area contributed by atoms with Gasteiger partial charge in [-0.25, -0.2) is 0 Å². The Morgan fingerprint density at radius 3 is 2.03 bits per heavy atom. The van der Waals surface area contributed by atoms with Crippen molar-refractivity contribution in [3.8, 4) is 5.75 Å². The molecule has 1 heterocycles. The lowest BCUT2D eigenvalue weighted by Crippen LogP contribution is -2.61. The molecule has 2 N–H and O–H groups in total. The molecule has 5 heteroatoms. The van der Waals surface area contributed by atoms with Crippen LogP contribution in [-0.4, -0.2) is 45.8 Å². The Balaban J connectivity index is 1.44. The van der Waals surface area contributed by atoms with Crippen molar-refractivity contribution in [2.45, 2.75) is 50.4 Å². The smallest absolute Gasteiger partial charge is 0.318 e. The lowest BCUT2D eigenvalue weighted by Gasteiger charge is -2.50. The van der Waals surface area contributed by atoms with E-state index in [1.807, 2.05) is 72.8 Å². The number of hydrogen-bond acceptors (Lipinski definition) is 4. The molecule has 1 fully saturated rings. The van der Waals surface area contributed by atoms with Gasteiger partial charge in [-0.2, -0.15) is 0 Å². The topological polar surface area (TPSA) is 70.0 Å². The summed E-state index contributed by atoms with van der Waals surface area (Å²) in [5, 5.41) is 20.1. The van der Waals surface area contributed by atoms with E-state index < -0.39 is 11.4 Å². The molecule has 0 saturated carbocycles. The monoisotopic (exact) mass is 459 g/mol. The van der Waals surface area contributed by atoms with E-state index in [0.29, 0.717) is 13.0 Å². The minimum atomic E-state index is -1.10. The van der Waals surface area contributed by atoms with Crippen molar-refractivity contribution >= 4 is 5.97 Å². The molecule has 0 spiro atoms. The van der Waals surface area contributed by atoms with Crippen molar-refractivity contribution in [2.75, 3.05) is 13.1 Å². The van der Waals surface area contributed by atoms with Gasteiger partial charge in [0.15, 0.2) is 0 Å². The number of ether oxygens (including phenoxy) is 1. The zero-order valence-electron chi connectivity index (χ0n) is 19.9. The molecule has 0 unspecified atom stereocenters. The number of carboxylic acid groups (broad SMARTS) is 1. The molecule has 0 amide bonds. The van der Waals surface area contributed by atoms with E-state index in [1.165, 1.54) is 0 Å². The molecule has 34 heavy (non-hydrogen) atoms.